The van der Waals surface area contributed by atoms with Crippen molar-refractivity contribution in [3.8, 4) is 0 Å². The first-order valence-corrected chi connectivity index (χ1v) is 8.43. The first kappa shape index (κ1) is 14.6. The first-order chi connectivity index (χ1) is 10.2. The Morgan fingerprint density at radius 1 is 1.48 bits per heavy atom. The molecule has 21 heavy (non-hydrogen) atoms. The van der Waals surface area contributed by atoms with E-state index in [2.05, 4.69) is 15.2 Å². The van der Waals surface area contributed by atoms with Gasteiger partial charge in [0.05, 0.1) is 12.1 Å². The fraction of sp³-hybridized carbons (Fsp3) is 0.714. The summed E-state index contributed by atoms with van der Waals surface area (Å²) in [5.41, 5.74) is 0. The highest BCUT2D eigenvalue weighted by molar-refractivity contribution is 7.13. The molecule has 2 atom stereocenters. The molecule has 0 spiro atoms. The molecule has 116 valence electrons. The van der Waals surface area contributed by atoms with E-state index in [9.17, 15) is 4.79 Å². The molecule has 2 saturated heterocycles. The number of ether oxygens (including phenoxy) is 1. The number of anilines is 1. The third-order valence-corrected chi connectivity index (χ3v) is 4.96. The number of carbonyl (C=O) groups is 1. The van der Waals surface area contributed by atoms with Crippen molar-refractivity contribution in [2.75, 3.05) is 37.7 Å². The van der Waals surface area contributed by atoms with Gasteiger partial charge in [-0.15, -0.1) is 11.3 Å². The van der Waals surface area contributed by atoms with Crippen LogP contribution in [0.25, 0.3) is 0 Å². The molecule has 2 aliphatic heterocycles. The van der Waals surface area contributed by atoms with E-state index in [1.807, 2.05) is 23.4 Å². The highest BCUT2D eigenvalue weighted by atomic mass is 32.1. The lowest BCUT2D eigenvalue weighted by Gasteiger charge is -2.35. The van der Waals surface area contributed by atoms with E-state index in [1.54, 1.807) is 11.3 Å². The van der Waals surface area contributed by atoms with Gasteiger partial charge in [0.25, 0.3) is 0 Å². The predicted molar refractivity (Wildman–Crippen MR) is 82.9 cm³/mol. The van der Waals surface area contributed by atoms with Crippen LogP contribution in [0, 0.1) is 0 Å². The number of rotatable bonds is 3. The number of thiazole rings is 1. The number of nitrogens with one attached hydrogen (secondary N) is 1. The Labute approximate surface area is 129 Å². The van der Waals surface area contributed by atoms with Gasteiger partial charge in [0.15, 0.2) is 5.13 Å². The van der Waals surface area contributed by atoms with Gasteiger partial charge in [0.2, 0.25) is 0 Å². The molecule has 1 N–H and O–H groups in total. The standard InChI is InChI=1S/C14H22N4O2S/c1-11(12-3-2-9-20-12)16-13(19)17-5-7-18(8-6-17)14-15-4-10-21-14/h4,10-12H,2-3,5-9H2,1H3,(H,16,19)/t11-,12-/m1/s1. The number of hydrogen-bond acceptors (Lipinski definition) is 5. The Bertz CT molecular complexity index is 454. The second-order valence-electron chi connectivity index (χ2n) is 5.58. The number of carbonyl (C=O) groups excluding carboxylic acids is 1. The van der Waals surface area contributed by atoms with E-state index in [4.69, 9.17) is 4.74 Å². The molecule has 0 radical (unpaired) electrons. The van der Waals surface area contributed by atoms with Crippen molar-refractivity contribution >= 4 is 22.5 Å². The molecule has 0 saturated carbocycles. The molecule has 7 heteroatoms. The Balaban J connectivity index is 1.46. The zero-order valence-corrected chi connectivity index (χ0v) is 13.1. The van der Waals surface area contributed by atoms with Crippen LogP contribution in [0.1, 0.15) is 19.8 Å². The highest BCUT2D eigenvalue weighted by Crippen LogP contribution is 2.19. The van der Waals surface area contributed by atoms with Crippen molar-refractivity contribution in [2.24, 2.45) is 0 Å². The van der Waals surface area contributed by atoms with Gasteiger partial charge in [-0.25, -0.2) is 9.78 Å². The molecule has 2 aliphatic rings. The molecular formula is C14H22N4O2S. The van der Waals surface area contributed by atoms with Gasteiger partial charge in [-0.2, -0.15) is 0 Å². The summed E-state index contributed by atoms with van der Waals surface area (Å²) < 4.78 is 5.62. The fourth-order valence-electron chi connectivity index (χ4n) is 2.85. The second-order valence-corrected chi connectivity index (χ2v) is 6.45. The second kappa shape index (κ2) is 6.62. The van der Waals surface area contributed by atoms with E-state index >= 15 is 0 Å². The molecule has 1 aromatic heterocycles. The summed E-state index contributed by atoms with van der Waals surface area (Å²) in [5, 5.41) is 6.10. The summed E-state index contributed by atoms with van der Waals surface area (Å²) in [5.74, 6) is 0. The highest BCUT2D eigenvalue weighted by Gasteiger charge is 2.27. The maximum atomic E-state index is 12.3. The average Bonchev–Trinajstić information content (AvgIpc) is 3.20. The van der Waals surface area contributed by atoms with Gasteiger partial charge in [-0.1, -0.05) is 0 Å². The molecule has 1 aromatic rings. The van der Waals surface area contributed by atoms with Crippen LogP contribution in [-0.4, -0.2) is 60.8 Å². The SMILES string of the molecule is C[C@@H](NC(=O)N1CCN(c2nccs2)CC1)[C@H]1CCCO1. The van der Waals surface area contributed by atoms with Crippen molar-refractivity contribution in [3.05, 3.63) is 11.6 Å². The van der Waals surface area contributed by atoms with Crippen LogP contribution in [0.15, 0.2) is 11.6 Å². The van der Waals surface area contributed by atoms with Crippen molar-refractivity contribution in [1.29, 1.82) is 0 Å². The van der Waals surface area contributed by atoms with Crippen LogP contribution in [0.3, 0.4) is 0 Å². The van der Waals surface area contributed by atoms with Crippen molar-refractivity contribution in [1.82, 2.24) is 15.2 Å². The molecule has 3 heterocycles. The summed E-state index contributed by atoms with van der Waals surface area (Å²) in [6, 6.07) is 0.105. The molecular weight excluding hydrogens is 288 g/mol. The maximum Gasteiger partial charge on any atom is 0.317 e. The third-order valence-electron chi connectivity index (χ3n) is 4.13. The lowest BCUT2D eigenvalue weighted by molar-refractivity contribution is 0.0831. The molecule has 0 aliphatic carbocycles. The zero-order valence-electron chi connectivity index (χ0n) is 12.3. The zero-order chi connectivity index (χ0) is 14.7. The summed E-state index contributed by atoms with van der Waals surface area (Å²) in [4.78, 5) is 20.7. The number of aromatic nitrogens is 1. The van der Waals surface area contributed by atoms with Crippen molar-refractivity contribution < 1.29 is 9.53 Å². The molecule has 6 nitrogen and oxygen atoms in total. The van der Waals surface area contributed by atoms with E-state index in [0.717, 1.165) is 50.8 Å². The van der Waals surface area contributed by atoms with Gasteiger partial charge in [0, 0.05) is 44.4 Å². The van der Waals surface area contributed by atoms with E-state index in [-0.39, 0.29) is 18.2 Å². The summed E-state index contributed by atoms with van der Waals surface area (Å²) >= 11 is 1.65. The summed E-state index contributed by atoms with van der Waals surface area (Å²) in [7, 11) is 0. The van der Waals surface area contributed by atoms with Crippen molar-refractivity contribution in [2.45, 2.75) is 31.9 Å². The molecule has 0 bridgehead atoms. The normalized spacial score (nSPS) is 24.1. The summed E-state index contributed by atoms with van der Waals surface area (Å²) in [6.07, 6.45) is 4.13. The van der Waals surface area contributed by atoms with Gasteiger partial charge >= 0.3 is 6.03 Å². The van der Waals surface area contributed by atoms with Crippen LogP contribution < -0.4 is 10.2 Å². The van der Waals surface area contributed by atoms with Crippen LogP contribution in [-0.2, 0) is 4.74 Å². The Morgan fingerprint density at radius 3 is 2.90 bits per heavy atom. The van der Waals surface area contributed by atoms with E-state index < -0.39 is 0 Å². The minimum Gasteiger partial charge on any atom is -0.376 e. The molecule has 2 fully saturated rings. The largest absolute Gasteiger partial charge is 0.376 e. The van der Waals surface area contributed by atoms with Gasteiger partial charge < -0.3 is 19.9 Å². The van der Waals surface area contributed by atoms with Crippen LogP contribution in [0.5, 0.6) is 0 Å². The topological polar surface area (TPSA) is 57.7 Å². The molecule has 2 amide bonds. The van der Waals surface area contributed by atoms with Crippen molar-refractivity contribution in [3.63, 3.8) is 0 Å². The molecule has 0 aromatic carbocycles. The Hall–Kier alpha value is -1.34. The minimum absolute atomic E-state index is 0.0248. The number of amides is 2. The number of nitrogens with zero attached hydrogens (tertiary/aromatic N) is 3. The average molecular weight is 310 g/mol. The van der Waals surface area contributed by atoms with E-state index in [1.165, 1.54) is 0 Å². The number of urea groups is 1. The van der Waals surface area contributed by atoms with E-state index in [0.29, 0.717) is 0 Å². The van der Waals surface area contributed by atoms with Crippen LogP contribution >= 0.6 is 11.3 Å². The lowest BCUT2D eigenvalue weighted by atomic mass is 10.1. The Kier molecular flexibility index (Phi) is 4.60. The molecule has 0 unspecified atom stereocenters. The van der Waals surface area contributed by atoms with Gasteiger partial charge in [0.1, 0.15) is 0 Å². The van der Waals surface area contributed by atoms with Gasteiger partial charge in [-0.05, 0) is 19.8 Å². The third kappa shape index (κ3) is 3.47. The maximum absolute atomic E-state index is 12.3. The van der Waals surface area contributed by atoms with Gasteiger partial charge in [-0.3, -0.25) is 0 Å². The number of piperazine rings is 1. The molecule has 3 rings (SSSR count). The fourth-order valence-corrected chi connectivity index (χ4v) is 3.55. The first-order valence-electron chi connectivity index (χ1n) is 7.55. The van der Waals surface area contributed by atoms with Crippen LogP contribution in [0.2, 0.25) is 0 Å². The predicted octanol–water partition coefficient (Wildman–Crippen LogP) is 1.54. The summed E-state index contributed by atoms with van der Waals surface area (Å²) in [6.45, 7) is 6.01. The quantitative estimate of drug-likeness (QED) is 0.920. The monoisotopic (exact) mass is 310 g/mol. The Morgan fingerprint density at radius 2 is 2.29 bits per heavy atom. The minimum atomic E-state index is 0.0248. The smallest absolute Gasteiger partial charge is 0.317 e. The lowest BCUT2D eigenvalue weighted by Crippen LogP contribution is -2.54. The van der Waals surface area contributed by atoms with Crippen LogP contribution in [0.4, 0.5) is 9.93 Å². The number of hydrogen-bond donors (Lipinski definition) is 1.